The minimum Gasteiger partial charge on any atom is -0.444 e. The van der Waals surface area contributed by atoms with E-state index in [2.05, 4.69) is 5.32 Å². The summed E-state index contributed by atoms with van der Waals surface area (Å²) in [6.07, 6.45) is 4.14. The van der Waals surface area contributed by atoms with Gasteiger partial charge in [-0.1, -0.05) is 36.9 Å². The highest BCUT2D eigenvalue weighted by molar-refractivity contribution is 6.30. The maximum absolute atomic E-state index is 13.9. The molecule has 1 aliphatic heterocycles. The van der Waals surface area contributed by atoms with Crippen molar-refractivity contribution in [2.75, 3.05) is 6.54 Å². The van der Waals surface area contributed by atoms with Gasteiger partial charge in [0.15, 0.2) is 12.1 Å². The molecule has 3 amide bonds. The Bertz CT molecular complexity index is 941. The summed E-state index contributed by atoms with van der Waals surface area (Å²) in [5, 5.41) is 14.4. The van der Waals surface area contributed by atoms with Crippen LogP contribution in [0.1, 0.15) is 76.8 Å². The smallest absolute Gasteiger partial charge is 0.407 e. The van der Waals surface area contributed by atoms with E-state index in [0.717, 1.165) is 43.2 Å². The number of aliphatic hydroxyl groups is 1. The van der Waals surface area contributed by atoms with Crippen molar-refractivity contribution in [1.82, 2.24) is 5.32 Å². The van der Waals surface area contributed by atoms with Gasteiger partial charge in [0.1, 0.15) is 12.1 Å². The fourth-order valence-corrected chi connectivity index (χ4v) is 5.70. The summed E-state index contributed by atoms with van der Waals surface area (Å²) in [5.41, 5.74) is 6.63. The predicted octanol–water partition coefficient (Wildman–Crippen LogP) is 3.80. The second kappa shape index (κ2) is 11.3. The standard InChI is InChI=1S/C26H38ClN3O5/c1-26(2,3)35-25(34)29-15-18-11-12-20(27)14-19(18)16-30(13-7-10-21(30)23(28)32)24(33)22(31)17-8-5-4-6-9-17/h11-12,14,17,21-22,31H,4-10,13,15-16H2,1-3H3,(H2-,28,29,32,34)/p+1/t21-,22+,30?/m0/s1. The number of hydrogen-bond acceptors (Lipinski definition) is 5. The molecule has 1 saturated heterocycles. The van der Waals surface area contributed by atoms with Gasteiger partial charge in [-0.3, -0.25) is 4.79 Å². The molecule has 1 heterocycles. The Balaban J connectivity index is 1.90. The largest absolute Gasteiger partial charge is 0.444 e. The predicted molar refractivity (Wildman–Crippen MR) is 133 cm³/mol. The third-order valence-corrected chi connectivity index (χ3v) is 7.43. The normalized spacial score (nSPS) is 24.1. The quantitative estimate of drug-likeness (QED) is 0.484. The van der Waals surface area contributed by atoms with E-state index >= 15 is 0 Å². The molecule has 3 atom stereocenters. The fraction of sp³-hybridized carbons (Fsp3) is 0.654. The van der Waals surface area contributed by atoms with E-state index in [-0.39, 0.29) is 29.4 Å². The van der Waals surface area contributed by atoms with E-state index in [1.807, 2.05) is 0 Å². The van der Waals surface area contributed by atoms with Crippen LogP contribution in [-0.4, -0.2) is 51.8 Å². The minimum absolute atomic E-state index is 0.104. The van der Waals surface area contributed by atoms with Crippen LogP contribution in [0.5, 0.6) is 0 Å². The lowest BCUT2D eigenvalue weighted by Crippen LogP contribution is -2.63. The van der Waals surface area contributed by atoms with Crippen LogP contribution in [0.4, 0.5) is 4.79 Å². The number of aliphatic hydroxyl groups excluding tert-OH is 1. The molecule has 1 aromatic rings. The number of nitrogens with zero attached hydrogens (tertiary/aromatic N) is 1. The fourth-order valence-electron chi connectivity index (χ4n) is 5.50. The zero-order valence-electron chi connectivity index (χ0n) is 21.0. The zero-order chi connectivity index (χ0) is 25.8. The topological polar surface area (TPSA) is 119 Å². The van der Waals surface area contributed by atoms with Gasteiger partial charge in [-0.25, -0.2) is 14.1 Å². The molecule has 8 nitrogen and oxygen atoms in total. The first-order valence-electron chi connectivity index (χ1n) is 12.6. The van der Waals surface area contributed by atoms with Crippen LogP contribution < -0.4 is 11.1 Å². The number of nitrogens with two attached hydrogens (primary N) is 1. The van der Waals surface area contributed by atoms with Gasteiger partial charge in [0.2, 0.25) is 0 Å². The molecule has 0 aromatic heterocycles. The maximum atomic E-state index is 13.9. The van der Waals surface area contributed by atoms with E-state index in [9.17, 15) is 19.5 Å². The molecule has 1 aromatic carbocycles. The van der Waals surface area contributed by atoms with Crippen LogP contribution in [-0.2, 0) is 27.4 Å². The van der Waals surface area contributed by atoms with E-state index in [1.165, 1.54) is 0 Å². The van der Waals surface area contributed by atoms with E-state index in [0.29, 0.717) is 24.4 Å². The molecule has 2 fully saturated rings. The van der Waals surface area contributed by atoms with Gasteiger partial charge in [-0.15, -0.1) is 0 Å². The summed E-state index contributed by atoms with van der Waals surface area (Å²) in [4.78, 5) is 38.6. The number of rotatable bonds is 7. The highest BCUT2D eigenvalue weighted by Crippen LogP contribution is 2.36. The number of nitrogens with one attached hydrogen (secondary N) is 1. The number of alkyl carbamates (subject to hydrolysis) is 1. The van der Waals surface area contributed by atoms with Crippen molar-refractivity contribution in [3.05, 3.63) is 34.3 Å². The molecule has 4 N–H and O–H groups in total. The molecule has 3 rings (SSSR count). The number of carbonyl (C=O) groups excluding carboxylic acids is 3. The average molecular weight is 509 g/mol. The second-order valence-corrected chi connectivity index (χ2v) is 11.4. The Hall–Kier alpha value is -2.16. The number of hydrogen-bond donors (Lipinski definition) is 3. The van der Waals surface area contributed by atoms with Crippen LogP contribution in [0.15, 0.2) is 18.2 Å². The molecule has 1 unspecified atom stereocenters. The molecule has 1 aliphatic carbocycles. The zero-order valence-corrected chi connectivity index (χ0v) is 21.8. The molecule has 1 saturated carbocycles. The SMILES string of the molecule is CC(C)(C)OC(=O)NCc1ccc(Cl)cc1C[N+]1(C(=O)[C@H](O)C2CCCCC2)CCC[C@H]1C(N)=O. The second-order valence-electron chi connectivity index (χ2n) is 10.9. The highest BCUT2D eigenvalue weighted by Gasteiger charge is 2.54. The third kappa shape index (κ3) is 6.74. The summed E-state index contributed by atoms with van der Waals surface area (Å²) in [7, 11) is 0. The lowest BCUT2D eigenvalue weighted by molar-refractivity contribution is -0.872. The number of amides is 3. The van der Waals surface area contributed by atoms with Gasteiger partial charge < -0.3 is 20.9 Å². The Morgan fingerprint density at radius 2 is 1.83 bits per heavy atom. The first kappa shape index (κ1) is 27.4. The summed E-state index contributed by atoms with van der Waals surface area (Å²) in [5.74, 6) is -0.987. The van der Waals surface area contributed by atoms with E-state index in [4.69, 9.17) is 22.1 Å². The van der Waals surface area contributed by atoms with Crippen molar-refractivity contribution < 1.29 is 28.7 Å². The number of quaternary nitrogens is 1. The van der Waals surface area contributed by atoms with Crippen LogP contribution in [0.2, 0.25) is 5.02 Å². The Labute approximate surface area is 212 Å². The van der Waals surface area contributed by atoms with Gasteiger partial charge in [0.25, 0.3) is 5.91 Å². The molecular formula is C26H39ClN3O5+. The van der Waals surface area contributed by atoms with Crippen molar-refractivity contribution in [3.63, 3.8) is 0 Å². The van der Waals surface area contributed by atoms with E-state index < -0.39 is 29.7 Å². The van der Waals surface area contributed by atoms with Crippen molar-refractivity contribution in [3.8, 4) is 0 Å². The monoisotopic (exact) mass is 508 g/mol. The number of primary amides is 1. The Morgan fingerprint density at radius 3 is 2.46 bits per heavy atom. The highest BCUT2D eigenvalue weighted by atomic mass is 35.5. The molecule has 2 aliphatic rings. The first-order chi connectivity index (χ1) is 16.4. The van der Waals surface area contributed by atoms with Crippen LogP contribution in [0, 0.1) is 5.92 Å². The molecule has 35 heavy (non-hydrogen) atoms. The number of halogens is 1. The van der Waals surface area contributed by atoms with Crippen molar-refractivity contribution in [2.24, 2.45) is 11.7 Å². The van der Waals surface area contributed by atoms with E-state index in [1.54, 1.807) is 39.0 Å². The lowest BCUT2D eigenvalue weighted by atomic mass is 9.84. The molecule has 194 valence electrons. The van der Waals surface area contributed by atoms with Crippen molar-refractivity contribution >= 4 is 29.5 Å². The molecular weight excluding hydrogens is 470 g/mol. The first-order valence-corrected chi connectivity index (χ1v) is 12.9. The number of ether oxygens (including phenoxy) is 1. The van der Waals surface area contributed by atoms with Gasteiger partial charge in [-0.05, 0) is 57.2 Å². The molecule has 0 radical (unpaired) electrons. The maximum Gasteiger partial charge on any atom is 0.407 e. The third-order valence-electron chi connectivity index (χ3n) is 7.19. The molecule has 0 spiro atoms. The lowest BCUT2D eigenvalue weighted by Gasteiger charge is -2.39. The summed E-state index contributed by atoms with van der Waals surface area (Å²) >= 11 is 6.32. The van der Waals surface area contributed by atoms with Crippen LogP contribution in [0.3, 0.4) is 0 Å². The van der Waals surface area contributed by atoms with Gasteiger partial charge in [0.05, 0.1) is 6.54 Å². The summed E-state index contributed by atoms with van der Waals surface area (Å²) in [6.45, 7) is 6.12. The van der Waals surface area contributed by atoms with Gasteiger partial charge >= 0.3 is 12.0 Å². The Morgan fingerprint density at radius 1 is 1.14 bits per heavy atom. The van der Waals surface area contributed by atoms with Crippen molar-refractivity contribution in [2.45, 2.75) is 96.6 Å². The molecule has 0 bridgehead atoms. The van der Waals surface area contributed by atoms with Crippen molar-refractivity contribution in [1.29, 1.82) is 0 Å². The van der Waals surface area contributed by atoms with Crippen LogP contribution in [0.25, 0.3) is 0 Å². The number of carbonyl (C=O) groups is 3. The van der Waals surface area contributed by atoms with Gasteiger partial charge in [-0.2, -0.15) is 0 Å². The summed E-state index contributed by atoms with van der Waals surface area (Å²) in [6, 6.07) is 4.55. The average Bonchev–Trinajstić information content (AvgIpc) is 3.22. The number of benzene rings is 1. The minimum atomic E-state index is -1.14. The summed E-state index contributed by atoms with van der Waals surface area (Å²) < 4.78 is 5.12. The number of likely N-dealkylation sites (tertiary alicyclic amines) is 1. The molecule has 9 heteroatoms. The van der Waals surface area contributed by atoms with Gasteiger partial charge in [0, 0.05) is 30.0 Å². The van der Waals surface area contributed by atoms with Crippen LogP contribution >= 0.6 is 11.6 Å². The Kier molecular flexibility index (Phi) is 8.83.